The van der Waals surface area contributed by atoms with Crippen molar-refractivity contribution in [1.82, 2.24) is 0 Å². The number of benzene rings is 2. The molecule has 0 fully saturated rings. The molecule has 0 spiro atoms. The van der Waals surface area contributed by atoms with E-state index in [1.165, 1.54) is 401 Å². The third kappa shape index (κ3) is 57.9. The van der Waals surface area contributed by atoms with Crippen LogP contribution in [0.25, 0.3) is 0 Å². The summed E-state index contributed by atoms with van der Waals surface area (Å²) in [6, 6.07) is 18.1. The van der Waals surface area contributed by atoms with Crippen molar-refractivity contribution in [2.45, 2.75) is 451 Å². The molecule has 0 unspecified atom stereocenters. The molecule has 2 aromatic rings. The normalized spacial score (nSPS) is 12.2. The van der Waals surface area contributed by atoms with Crippen molar-refractivity contribution in [1.29, 1.82) is 0 Å². The van der Waals surface area contributed by atoms with Crippen LogP contribution in [0, 0.1) is 0 Å². The van der Waals surface area contributed by atoms with Crippen molar-refractivity contribution in [2.24, 2.45) is 9.98 Å². The molecule has 3 heteroatoms. The summed E-state index contributed by atoms with van der Waals surface area (Å²) in [5.74, 6) is 0. The number of aliphatic imine (C=N–C) groups is 2. The van der Waals surface area contributed by atoms with E-state index in [1.54, 1.807) is 0 Å². The monoisotopic (exact) mass is 1350 g/mol. The van der Waals surface area contributed by atoms with Crippen LogP contribution in [0.3, 0.4) is 0 Å². The molecule has 0 saturated carbocycles. The zero-order valence-electron chi connectivity index (χ0n) is 61.8. The van der Waals surface area contributed by atoms with Gasteiger partial charge in [0.25, 0.3) is 0 Å². The second-order valence-corrected chi connectivity index (χ2v) is 28.6. The van der Waals surface area contributed by atoms with Gasteiger partial charge < -0.3 is 0 Å². The van der Waals surface area contributed by atoms with Crippen LogP contribution in [0.5, 0.6) is 0 Å². The maximum atomic E-state index is 5.65. The minimum Gasteiger partial charge on any atom is -0.251 e. The van der Waals surface area contributed by atoms with Gasteiger partial charge >= 0.3 is 0 Å². The van der Waals surface area contributed by atoms with Crippen LogP contribution in [0.4, 0.5) is 11.4 Å². The predicted molar refractivity (Wildman–Crippen MR) is 411 cm³/mol. The first-order valence-electron chi connectivity index (χ1n) is 41.3. The van der Waals surface area contributed by atoms with Gasteiger partial charge in [0, 0.05) is 20.4 Å². The summed E-state index contributed by atoms with van der Waals surface area (Å²) < 4.78 is 0. The number of aryl methyl sites for hydroxylation is 2. The molecule has 0 amide bonds. The zero-order valence-corrected chi connectivity index (χ0v) is 63.4. The van der Waals surface area contributed by atoms with E-state index in [4.69, 9.17) is 9.98 Å². The van der Waals surface area contributed by atoms with Crippen molar-refractivity contribution in [3.63, 3.8) is 0 Å². The quantitative estimate of drug-likeness (QED) is 0.0273. The number of hydrogen-bond acceptors (Lipinski definition) is 2. The minimum atomic E-state index is 0. The standard InChI is InChI=1S/C88H156N2.Pd/c1-5-9-13-16-19-22-25-27-29-31-33-35-37-39-41-43-45-47-49-51-53-55-57-59-62-65-68-75-83-77-71-73-80-85(83)89-87(79-12-8-4)88(82-70-67-64-61-24-21-18-15-11-7-3)90-86-81-74-72-78-84(86)76-69-66-63-60-58-56-54-52-50-48-46-44-42-40-38-36-34-32-30-28-26-23-20-17-14-10-6-2;/h62-63,65-66,71-74,77-78,80-81H,5-61,64,67-70,75-76,79,82H2,1-4H3;. The first-order chi connectivity index (χ1) is 44.7. The van der Waals surface area contributed by atoms with Crippen LogP contribution < -0.4 is 0 Å². The van der Waals surface area contributed by atoms with Gasteiger partial charge in [-0.15, -0.1) is 0 Å². The zero-order chi connectivity index (χ0) is 64.0. The number of para-hydroxylation sites is 2. The molecule has 2 aromatic carbocycles. The fourth-order valence-corrected chi connectivity index (χ4v) is 13.7. The van der Waals surface area contributed by atoms with E-state index in [0.29, 0.717) is 0 Å². The van der Waals surface area contributed by atoms with Gasteiger partial charge in [0.2, 0.25) is 0 Å². The number of allylic oxidation sites excluding steroid dienone is 4. The van der Waals surface area contributed by atoms with Gasteiger partial charge in [0.15, 0.2) is 0 Å². The van der Waals surface area contributed by atoms with Gasteiger partial charge in [0.05, 0.1) is 22.8 Å². The number of hydrogen-bond donors (Lipinski definition) is 0. The second-order valence-electron chi connectivity index (χ2n) is 28.6. The Balaban J connectivity index is 0.0000414. The molecular formula is C88H156N2Pd. The Morgan fingerprint density at radius 2 is 0.429 bits per heavy atom. The Bertz CT molecular complexity index is 1890. The van der Waals surface area contributed by atoms with E-state index in [1.807, 2.05) is 0 Å². The predicted octanol–water partition coefficient (Wildman–Crippen LogP) is 31.8. The molecular weight excluding hydrogens is 1190 g/mol. The molecule has 0 aliphatic rings. The molecule has 0 bridgehead atoms. The topological polar surface area (TPSA) is 24.7 Å². The third-order valence-electron chi connectivity index (χ3n) is 19.8. The Hall–Kier alpha value is -2.08. The van der Waals surface area contributed by atoms with E-state index in [-0.39, 0.29) is 20.4 Å². The van der Waals surface area contributed by atoms with E-state index in [0.717, 1.165) is 56.3 Å². The Morgan fingerprint density at radius 3 is 0.681 bits per heavy atom. The van der Waals surface area contributed by atoms with Crippen LogP contribution in [0.15, 0.2) is 82.8 Å². The fourth-order valence-electron chi connectivity index (χ4n) is 13.7. The SMILES string of the molecule is CCCCCCCCCCCCCCCCCCCCCCCCCC=CCCc1ccccc1N=C(CCCC)C(CCCCCCCCCCCC)=Nc1ccccc1CCC=CCCCCCCCCCCCCCCCCCCCCCCCCC.[Pd]. The minimum absolute atomic E-state index is 0. The molecule has 0 N–H and O–H groups in total. The average Bonchev–Trinajstić information content (AvgIpc) is 1.45. The largest absolute Gasteiger partial charge is 0.251 e. The van der Waals surface area contributed by atoms with E-state index in [9.17, 15) is 0 Å². The summed E-state index contributed by atoms with van der Waals surface area (Å²) in [4.78, 5) is 11.3. The van der Waals surface area contributed by atoms with Crippen LogP contribution in [0.1, 0.15) is 450 Å². The molecule has 0 aromatic heterocycles. The Kier molecular flexibility index (Phi) is 69.0. The van der Waals surface area contributed by atoms with E-state index >= 15 is 0 Å². The van der Waals surface area contributed by atoms with Gasteiger partial charge in [0.1, 0.15) is 0 Å². The molecule has 2 rings (SSSR count). The smallest absolute Gasteiger partial charge is 0.0665 e. The molecule has 0 heterocycles. The van der Waals surface area contributed by atoms with Crippen LogP contribution in [-0.4, -0.2) is 11.4 Å². The summed E-state index contributed by atoms with van der Waals surface area (Å²) in [6.45, 7) is 9.27. The third-order valence-corrected chi connectivity index (χ3v) is 19.8. The maximum Gasteiger partial charge on any atom is 0.0665 e. The number of nitrogens with zero attached hydrogens (tertiary/aromatic N) is 2. The van der Waals surface area contributed by atoms with Crippen molar-refractivity contribution >= 4 is 22.8 Å². The van der Waals surface area contributed by atoms with Crippen LogP contribution in [0.2, 0.25) is 0 Å². The molecule has 0 saturated heterocycles. The molecule has 91 heavy (non-hydrogen) atoms. The van der Waals surface area contributed by atoms with Gasteiger partial charge in [-0.3, -0.25) is 9.98 Å². The summed E-state index contributed by atoms with van der Waals surface area (Å²) >= 11 is 0. The summed E-state index contributed by atoms with van der Waals surface area (Å²) in [6.07, 6.45) is 101. The number of rotatable bonds is 71. The van der Waals surface area contributed by atoms with Crippen molar-refractivity contribution in [3.8, 4) is 0 Å². The van der Waals surface area contributed by atoms with Gasteiger partial charge in [-0.2, -0.15) is 0 Å². The van der Waals surface area contributed by atoms with Gasteiger partial charge in [-0.05, 0) is 100 Å². The van der Waals surface area contributed by atoms with E-state index < -0.39 is 0 Å². The summed E-state index contributed by atoms with van der Waals surface area (Å²) in [7, 11) is 0. The van der Waals surface area contributed by atoms with Crippen LogP contribution in [-0.2, 0) is 33.3 Å². The summed E-state index contributed by atoms with van der Waals surface area (Å²) in [5.41, 5.74) is 7.52. The summed E-state index contributed by atoms with van der Waals surface area (Å²) in [5, 5.41) is 0. The molecule has 0 radical (unpaired) electrons. The van der Waals surface area contributed by atoms with Crippen molar-refractivity contribution < 1.29 is 20.4 Å². The van der Waals surface area contributed by atoms with Gasteiger partial charge in [-0.25, -0.2) is 0 Å². The van der Waals surface area contributed by atoms with Crippen molar-refractivity contribution in [3.05, 3.63) is 84.0 Å². The number of unbranched alkanes of at least 4 members (excludes halogenated alkanes) is 56. The van der Waals surface area contributed by atoms with Crippen LogP contribution >= 0.6 is 0 Å². The molecule has 2 nitrogen and oxygen atoms in total. The Morgan fingerprint density at radius 1 is 0.231 bits per heavy atom. The van der Waals surface area contributed by atoms with Gasteiger partial charge in [-0.1, -0.05) is 435 Å². The second kappa shape index (κ2) is 72.2. The maximum absolute atomic E-state index is 5.65. The molecule has 528 valence electrons. The first-order valence-corrected chi connectivity index (χ1v) is 41.3. The average molecular weight is 1350 g/mol. The molecule has 0 aliphatic carbocycles. The first kappa shape index (κ1) is 86.9. The molecule has 0 atom stereocenters. The Labute approximate surface area is 584 Å². The van der Waals surface area contributed by atoms with E-state index in [2.05, 4.69) is 101 Å². The molecule has 0 aliphatic heterocycles. The van der Waals surface area contributed by atoms with Crippen molar-refractivity contribution in [2.75, 3.05) is 0 Å². The fraction of sp³-hybridized carbons (Fsp3) is 0.795.